The molecule has 0 radical (unpaired) electrons. The van der Waals surface area contributed by atoms with Crippen LogP contribution in [-0.4, -0.2) is 59.4 Å². The van der Waals surface area contributed by atoms with Crippen LogP contribution in [0.4, 0.5) is 0 Å². The second kappa shape index (κ2) is 7.32. The quantitative estimate of drug-likeness (QED) is 0.634. The van der Waals surface area contributed by atoms with Crippen LogP contribution < -0.4 is 5.32 Å². The lowest BCUT2D eigenvalue weighted by Crippen LogP contribution is -2.71. The van der Waals surface area contributed by atoms with Crippen LogP contribution in [0, 0.1) is 6.92 Å². The van der Waals surface area contributed by atoms with Gasteiger partial charge < -0.3 is 19.8 Å². The van der Waals surface area contributed by atoms with Crippen LogP contribution in [0.5, 0.6) is 0 Å². The van der Waals surface area contributed by atoms with E-state index in [4.69, 9.17) is 27.7 Å². The topological polar surface area (TPSA) is 130 Å². The largest absolute Gasteiger partial charge is 0.480 e. The summed E-state index contributed by atoms with van der Waals surface area (Å²) >= 11 is 12.5. The van der Waals surface area contributed by atoms with Gasteiger partial charge in [0.2, 0.25) is 5.91 Å². The summed E-state index contributed by atoms with van der Waals surface area (Å²) in [6.07, 6.45) is 0. The van der Waals surface area contributed by atoms with Crippen LogP contribution in [0.2, 0.25) is 10.0 Å². The number of aromatic nitrogens is 1. The molecule has 0 spiro atoms. The summed E-state index contributed by atoms with van der Waals surface area (Å²) in [5.41, 5.74) is 0.426. The Kier molecular flexibility index (Phi) is 5.14. The van der Waals surface area contributed by atoms with Gasteiger partial charge in [-0.25, -0.2) is 4.79 Å². The standard InChI is InChI=1S/C19H17Cl2N3O6S/c1-7-10(12(23-30-7)11-8(20)5-4-6-9(11)21)15(25)22-13-16(26)24-14(18(27)28)19(2,3)31(29)17(13)24/h4-6,13-14,17H,1-3H3,(H,22,25)(H,27,28)/t13-,14+,17-,31+/m1/s1. The van der Waals surface area contributed by atoms with Gasteiger partial charge in [0.15, 0.2) is 0 Å². The molecule has 0 unspecified atom stereocenters. The number of nitrogens with one attached hydrogen (secondary N) is 1. The number of hydrogen-bond donors (Lipinski definition) is 2. The summed E-state index contributed by atoms with van der Waals surface area (Å²) in [7, 11) is -1.71. The Bertz CT molecular complexity index is 1140. The maximum atomic E-state index is 13.1. The molecule has 3 heterocycles. The Morgan fingerprint density at radius 2 is 1.90 bits per heavy atom. The zero-order valence-electron chi connectivity index (χ0n) is 16.5. The van der Waals surface area contributed by atoms with E-state index in [1.54, 1.807) is 18.2 Å². The maximum Gasteiger partial charge on any atom is 0.328 e. The number of β-lactam (4-membered cyclic amide) rings is 1. The van der Waals surface area contributed by atoms with Gasteiger partial charge in [-0.15, -0.1) is 0 Å². The summed E-state index contributed by atoms with van der Waals surface area (Å²) in [6.45, 7) is 4.56. The number of carbonyl (C=O) groups is 3. The zero-order valence-corrected chi connectivity index (χ0v) is 18.8. The number of aryl methyl sites for hydroxylation is 1. The number of rotatable bonds is 4. The number of halogens is 2. The highest BCUT2D eigenvalue weighted by molar-refractivity contribution is 7.87. The van der Waals surface area contributed by atoms with E-state index in [0.29, 0.717) is 5.56 Å². The normalized spacial score (nSPS) is 26.4. The van der Waals surface area contributed by atoms with Gasteiger partial charge in [-0.1, -0.05) is 34.4 Å². The second-order valence-electron chi connectivity index (χ2n) is 7.79. The van der Waals surface area contributed by atoms with Gasteiger partial charge in [0.1, 0.15) is 34.5 Å². The number of carboxylic acids is 1. The number of benzene rings is 1. The first-order valence-electron chi connectivity index (χ1n) is 9.15. The average Bonchev–Trinajstić information content (AvgIpc) is 3.14. The number of fused-ring (bicyclic) bond motifs is 1. The molecule has 2 N–H and O–H groups in total. The molecule has 2 saturated heterocycles. The number of hydrogen-bond acceptors (Lipinski definition) is 6. The summed E-state index contributed by atoms with van der Waals surface area (Å²) in [4.78, 5) is 38.5. The first-order chi connectivity index (χ1) is 14.5. The molecule has 12 heteroatoms. The minimum Gasteiger partial charge on any atom is -0.480 e. The molecule has 164 valence electrons. The molecule has 2 aromatic rings. The molecule has 2 amide bonds. The smallest absolute Gasteiger partial charge is 0.328 e. The molecular formula is C19H17Cl2N3O6S. The van der Waals surface area contributed by atoms with Crippen molar-refractivity contribution in [2.24, 2.45) is 0 Å². The molecule has 1 aromatic carbocycles. The minimum atomic E-state index is -1.71. The molecule has 4 rings (SSSR count). The molecule has 4 atom stereocenters. The van der Waals surface area contributed by atoms with E-state index in [2.05, 4.69) is 10.5 Å². The fourth-order valence-electron chi connectivity index (χ4n) is 4.04. The molecule has 0 bridgehead atoms. The number of carbonyl (C=O) groups excluding carboxylic acids is 2. The van der Waals surface area contributed by atoms with Crippen LogP contribution in [0.3, 0.4) is 0 Å². The van der Waals surface area contributed by atoms with E-state index >= 15 is 0 Å². The van der Waals surface area contributed by atoms with Crippen LogP contribution in [0.1, 0.15) is 30.0 Å². The van der Waals surface area contributed by atoms with Gasteiger partial charge in [0, 0.05) is 5.56 Å². The van der Waals surface area contributed by atoms with Crippen LogP contribution in [0.25, 0.3) is 11.3 Å². The van der Waals surface area contributed by atoms with E-state index in [1.807, 2.05) is 0 Å². The molecular weight excluding hydrogens is 469 g/mol. The van der Waals surface area contributed by atoms with Gasteiger partial charge in [0.25, 0.3) is 5.91 Å². The predicted octanol–water partition coefficient (Wildman–Crippen LogP) is 2.22. The lowest BCUT2D eigenvalue weighted by atomic mass is 9.95. The van der Waals surface area contributed by atoms with E-state index in [9.17, 15) is 23.7 Å². The maximum absolute atomic E-state index is 13.1. The Morgan fingerprint density at radius 3 is 2.48 bits per heavy atom. The average molecular weight is 486 g/mol. The SMILES string of the molecule is Cc1onc(-c2c(Cl)cccc2Cl)c1C(=O)N[C@@H]1C(=O)N2[C@@H]1[S@](=O)C(C)(C)[C@@H]2C(=O)O. The molecule has 2 aliphatic rings. The zero-order chi connectivity index (χ0) is 22.8. The molecule has 2 aliphatic heterocycles. The van der Waals surface area contributed by atoms with Gasteiger partial charge in [0.05, 0.1) is 25.6 Å². The van der Waals surface area contributed by atoms with Gasteiger partial charge >= 0.3 is 5.97 Å². The van der Waals surface area contributed by atoms with E-state index in [-0.39, 0.29) is 27.1 Å². The Hall–Kier alpha value is -2.43. The number of nitrogens with zero attached hydrogens (tertiary/aromatic N) is 2. The predicted molar refractivity (Wildman–Crippen MR) is 112 cm³/mol. The Labute approximate surface area is 189 Å². The van der Waals surface area contributed by atoms with Crippen molar-refractivity contribution in [2.75, 3.05) is 0 Å². The third kappa shape index (κ3) is 3.07. The van der Waals surface area contributed by atoms with Crippen molar-refractivity contribution in [1.29, 1.82) is 0 Å². The fourth-order valence-corrected chi connectivity index (χ4v) is 6.54. The van der Waals surface area contributed by atoms with E-state index in [0.717, 1.165) is 4.90 Å². The number of aliphatic carboxylic acids is 1. The Balaban J connectivity index is 1.66. The highest BCUT2D eigenvalue weighted by Crippen LogP contribution is 2.44. The summed E-state index contributed by atoms with van der Waals surface area (Å²) in [6, 6.07) is 2.42. The minimum absolute atomic E-state index is 0.0269. The monoisotopic (exact) mass is 485 g/mol. The summed E-state index contributed by atoms with van der Waals surface area (Å²) in [5, 5.41) is 15.5. The van der Waals surface area contributed by atoms with E-state index < -0.39 is 50.8 Å². The molecule has 31 heavy (non-hydrogen) atoms. The first kappa shape index (κ1) is 21.8. The first-order valence-corrected chi connectivity index (χ1v) is 11.1. The lowest BCUT2D eigenvalue weighted by Gasteiger charge is -2.43. The van der Waals surface area contributed by atoms with Crippen molar-refractivity contribution < 1.29 is 28.2 Å². The molecule has 2 fully saturated rings. The fraction of sp³-hybridized carbons (Fsp3) is 0.368. The van der Waals surface area contributed by atoms with Crippen molar-refractivity contribution >= 4 is 51.8 Å². The van der Waals surface area contributed by atoms with Crippen LogP contribution in [0.15, 0.2) is 22.7 Å². The molecule has 0 aliphatic carbocycles. The summed E-state index contributed by atoms with van der Waals surface area (Å²) < 4.78 is 16.9. The number of carboxylic acid groups (broad SMARTS) is 1. The highest BCUT2D eigenvalue weighted by atomic mass is 35.5. The second-order valence-corrected chi connectivity index (χ2v) is 10.7. The van der Waals surface area contributed by atoms with Gasteiger partial charge in [-0.3, -0.25) is 13.8 Å². The van der Waals surface area contributed by atoms with Crippen molar-refractivity contribution in [2.45, 2.75) is 43.0 Å². The van der Waals surface area contributed by atoms with Crippen molar-refractivity contribution in [1.82, 2.24) is 15.4 Å². The van der Waals surface area contributed by atoms with Crippen molar-refractivity contribution in [3.8, 4) is 11.3 Å². The third-order valence-corrected chi connectivity index (χ3v) is 8.39. The van der Waals surface area contributed by atoms with Crippen molar-refractivity contribution in [3.05, 3.63) is 39.6 Å². The van der Waals surface area contributed by atoms with Crippen LogP contribution in [-0.2, 0) is 20.4 Å². The molecule has 0 saturated carbocycles. The van der Waals surface area contributed by atoms with Crippen molar-refractivity contribution in [3.63, 3.8) is 0 Å². The molecule has 1 aromatic heterocycles. The van der Waals surface area contributed by atoms with Crippen LogP contribution >= 0.6 is 23.2 Å². The molecule has 9 nitrogen and oxygen atoms in total. The lowest BCUT2D eigenvalue weighted by molar-refractivity contribution is -0.159. The third-order valence-electron chi connectivity index (χ3n) is 5.56. The van der Waals surface area contributed by atoms with Gasteiger partial charge in [-0.05, 0) is 32.9 Å². The summed E-state index contributed by atoms with van der Waals surface area (Å²) in [5.74, 6) is -2.39. The Morgan fingerprint density at radius 1 is 1.29 bits per heavy atom. The van der Waals surface area contributed by atoms with Gasteiger partial charge in [-0.2, -0.15) is 0 Å². The van der Waals surface area contributed by atoms with E-state index in [1.165, 1.54) is 20.8 Å². The number of amides is 2. The highest BCUT2D eigenvalue weighted by Gasteiger charge is 2.68.